The second kappa shape index (κ2) is 2.27. The van der Waals surface area contributed by atoms with E-state index in [4.69, 9.17) is 0 Å². The zero-order valence-electron chi connectivity index (χ0n) is 8.16. The SMILES string of the molecule is CC1C2[CH]C3CC1CC(C2)C3C. The molecule has 6 unspecified atom stereocenters. The van der Waals surface area contributed by atoms with Crippen LogP contribution in [0.1, 0.15) is 33.1 Å². The average molecular weight is 163 g/mol. The third kappa shape index (κ3) is 0.791. The monoisotopic (exact) mass is 163 g/mol. The topological polar surface area (TPSA) is 0 Å². The summed E-state index contributed by atoms with van der Waals surface area (Å²) >= 11 is 0. The van der Waals surface area contributed by atoms with Crippen LogP contribution in [0.25, 0.3) is 0 Å². The van der Waals surface area contributed by atoms with Crippen molar-refractivity contribution in [3.63, 3.8) is 0 Å². The summed E-state index contributed by atoms with van der Waals surface area (Å²) in [6.45, 7) is 4.96. The summed E-state index contributed by atoms with van der Waals surface area (Å²) < 4.78 is 0. The highest BCUT2D eigenvalue weighted by molar-refractivity contribution is 5.07. The van der Waals surface area contributed by atoms with Gasteiger partial charge in [-0.25, -0.2) is 0 Å². The van der Waals surface area contributed by atoms with Gasteiger partial charge in [0.05, 0.1) is 0 Å². The van der Waals surface area contributed by atoms with Crippen LogP contribution >= 0.6 is 0 Å². The Balaban J connectivity index is 1.91. The van der Waals surface area contributed by atoms with E-state index in [0.29, 0.717) is 0 Å². The largest absolute Gasteiger partial charge is 0.0620 e. The van der Waals surface area contributed by atoms with Crippen LogP contribution < -0.4 is 0 Å². The van der Waals surface area contributed by atoms with Crippen LogP contribution in [-0.2, 0) is 0 Å². The molecule has 0 aliphatic heterocycles. The van der Waals surface area contributed by atoms with Gasteiger partial charge in [0.25, 0.3) is 0 Å². The predicted molar refractivity (Wildman–Crippen MR) is 50.4 cm³/mol. The van der Waals surface area contributed by atoms with Crippen molar-refractivity contribution in [2.75, 3.05) is 0 Å². The second-order valence-corrected chi connectivity index (χ2v) is 5.47. The molecule has 4 fully saturated rings. The van der Waals surface area contributed by atoms with Gasteiger partial charge in [-0.05, 0) is 61.2 Å². The Morgan fingerprint density at radius 3 is 1.75 bits per heavy atom. The first-order valence-corrected chi connectivity index (χ1v) is 5.60. The minimum absolute atomic E-state index is 1.00. The maximum atomic E-state index is 2.70. The first-order valence-electron chi connectivity index (χ1n) is 5.60. The third-order valence-corrected chi connectivity index (χ3v) is 5.09. The first-order chi connectivity index (χ1) is 5.75. The molecule has 67 valence electrons. The van der Waals surface area contributed by atoms with Gasteiger partial charge in [-0.1, -0.05) is 13.8 Å². The van der Waals surface area contributed by atoms with E-state index in [1.165, 1.54) is 12.8 Å². The summed E-state index contributed by atoms with van der Waals surface area (Å²) in [7, 11) is 0. The molecule has 0 spiro atoms. The fourth-order valence-electron chi connectivity index (χ4n) is 4.09. The highest BCUT2D eigenvalue weighted by atomic mass is 14.5. The Kier molecular flexibility index (Phi) is 1.40. The number of hydrogen-bond acceptors (Lipinski definition) is 0. The molecule has 0 aromatic heterocycles. The minimum Gasteiger partial charge on any atom is -0.0620 e. The average Bonchev–Trinajstić information content (AvgIpc) is 2.02. The second-order valence-electron chi connectivity index (χ2n) is 5.47. The van der Waals surface area contributed by atoms with Crippen LogP contribution in [0.4, 0.5) is 0 Å². The van der Waals surface area contributed by atoms with Gasteiger partial charge in [0, 0.05) is 0 Å². The molecular weight excluding hydrogens is 144 g/mol. The van der Waals surface area contributed by atoms with Crippen LogP contribution in [-0.4, -0.2) is 0 Å². The molecule has 0 aromatic carbocycles. The lowest BCUT2D eigenvalue weighted by Crippen LogP contribution is -2.48. The molecule has 0 heterocycles. The van der Waals surface area contributed by atoms with Crippen molar-refractivity contribution in [2.24, 2.45) is 35.5 Å². The lowest BCUT2D eigenvalue weighted by atomic mass is 9.49. The molecule has 0 saturated heterocycles. The highest BCUT2D eigenvalue weighted by Gasteiger charge is 2.49. The van der Waals surface area contributed by atoms with Crippen molar-refractivity contribution < 1.29 is 0 Å². The van der Waals surface area contributed by atoms with Gasteiger partial charge in [0.15, 0.2) is 0 Å². The Labute approximate surface area is 75.7 Å². The van der Waals surface area contributed by atoms with Crippen LogP contribution in [0, 0.1) is 41.9 Å². The van der Waals surface area contributed by atoms with Crippen LogP contribution in [0.15, 0.2) is 0 Å². The normalized spacial score (nSPS) is 62.5. The number of hydrogen-bond donors (Lipinski definition) is 0. The molecule has 4 saturated carbocycles. The molecule has 4 aliphatic carbocycles. The minimum atomic E-state index is 1.00. The standard InChI is InChI=1S/C12H19/c1-7-9-3-11-5-10(7)6-12(4-9)8(11)2/h3,7-12H,4-6H2,1-2H3. The maximum Gasteiger partial charge on any atom is -0.0318 e. The molecule has 0 aromatic rings. The van der Waals surface area contributed by atoms with Gasteiger partial charge >= 0.3 is 0 Å². The molecule has 4 bridgehead atoms. The molecule has 0 nitrogen and oxygen atoms in total. The summed E-state index contributed by atoms with van der Waals surface area (Å²) in [5.41, 5.74) is 0. The molecule has 4 rings (SSSR count). The Hall–Kier alpha value is 0. The summed E-state index contributed by atoms with van der Waals surface area (Å²) in [5, 5.41) is 0. The highest BCUT2D eigenvalue weighted by Crippen LogP contribution is 2.58. The zero-order chi connectivity index (χ0) is 8.29. The molecule has 4 aliphatic rings. The number of rotatable bonds is 0. The molecule has 1 radical (unpaired) electrons. The van der Waals surface area contributed by atoms with Crippen molar-refractivity contribution in [3.05, 3.63) is 6.42 Å². The quantitative estimate of drug-likeness (QED) is 0.514. The Bertz CT molecular complexity index is 146. The fraction of sp³-hybridized carbons (Fsp3) is 0.917. The van der Waals surface area contributed by atoms with Crippen LogP contribution in [0.5, 0.6) is 0 Å². The predicted octanol–water partition coefficient (Wildman–Crippen LogP) is 3.14. The van der Waals surface area contributed by atoms with Crippen molar-refractivity contribution >= 4 is 0 Å². The van der Waals surface area contributed by atoms with E-state index in [2.05, 4.69) is 20.3 Å². The van der Waals surface area contributed by atoms with Gasteiger partial charge in [0.1, 0.15) is 0 Å². The Morgan fingerprint density at radius 2 is 1.33 bits per heavy atom. The van der Waals surface area contributed by atoms with E-state index >= 15 is 0 Å². The first kappa shape index (κ1) is 7.41. The fourth-order valence-corrected chi connectivity index (χ4v) is 4.09. The van der Waals surface area contributed by atoms with Crippen molar-refractivity contribution in [1.29, 1.82) is 0 Å². The van der Waals surface area contributed by atoms with Gasteiger partial charge in [-0.2, -0.15) is 0 Å². The van der Waals surface area contributed by atoms with Crippen molar-refractivity contribution in [2.45, 2.75) is 33.1 Å². The molecule has 6 atom stereocenters. The lowest BCUT2D eigenvalue weighted by Gasteiger charge is -2.56. The van der Waals surface area contributed by atoms with Gasteiger partial charge in [0.2, 0.25) is 0 Å². The lowest BCUT2D eigenvalue weighted by molar-refractivity contribution is -0.0277. The Morgan fingerprint density at radius 1 is 0.833 bits per heavy atom. The summed E-state index contributed by atoms with van der Waals surface area (Å²) in [6, 6.07) is 0. The van der Waals surface area contributed by atoms with Crippen molar-refractivity contribution in [1.82, 2.24) is 0 Å². The van der Waals surface area contributed by atoms with E-state index in [9.17, 15) is 0 Å². The van der Waals surface area contributed by atoms with E-state index in [-0.39, 0.29) is 0 Å². The molecule has 12 heavy (non-hydrogen) atoms. The van der Waals surface area contributed by atoms with Gasteiger partial charge in [-0.3, -0.25) is 0 Å². The molecule has 0 N–H and O–H groups in total. The zero-order valence-corrected chi connectivity index (χ0v) is 8.16. The van der Waals surface area contributed by atoms with E-state index in [0.717, 1.165) is 35.5 Å². The third-order valence-electron chi connectivity index (χ3n) is 5.09. The molecule has 0 amide bonds. The van der Waals surface area contributed by atoms with Crippen LogP contribution in [0.2, 0.25) is 0 Å². The van der Waals surface area contributed by atoms with Crippen molar-refractivity contribution in [3.8, 4) is 0 Å². The van der Waals surface area contributed by atoms with E-state index in [1.54, 1.807) is 6.42 Å². The van der Waals surface area contributed by atoms with Crippen LogP contribution in [0.3, 0.4) is 0 Å². The van der Waals surface area contributed by atoms with Gasteiger partial charge in [-0.15, -0.1) is 0 Å². The molecule has 0 heteroatoms. The van der Waals surface area contributed by atoms with E-state index < -0.39 is 0 Å². The van der Waals surface area contributed by atoms with Gasteiger partial charge < -0.3 is 0 Å². The molecular formula is C12H19. The van der Waals surface area contributed by atoms with E-state index in [1.807, 2.05) is 0 Å². The summed E-state index contributed by atoms with van der Waals surface area (Å²) in [6.07, 6.45) is 7.30. The summed E-state index contributed by atoms with van der Waals surface area (Å²) in [5.74, 6) is 6.24. The smallest absolute Gasteiger partial charge is 0.0318 e. The summed E-state index contributed by atoms with van der Waals surface area (Å²) in [4.78, 5) is 0. The maximum absolute atomic E-state index is 2.70.